The maximum Gasteiger partial charge on any atom is 0.249 e. The van der Waals surface area contributed by atoms with Gasteiger partial charge >= 0.3 is 0 Å². The highest BCUT2D eigenvalue weighted by Gasteiger charge is 2.37. The van der Waals surface area contributed by atoms with Crippen LogP contribution in [0.3, 0.4) is 0 Å². The number of aromatic nitrogens is 2. The summed E-state index contributed by atoms with van der Waals surface area (Å²) in [6, 6.07) is 2.80. The van der Waals surface area contributed by atoms with Gasteiger partial charge in [0.05, 0.1) is 11.8 Å². The summed E-state index contributed by atoms with van der Waals surface area (Å²) in [6.45, 7) is 3.33. The van der Waals surface area contributed by atoms with E-state index in [4.69, 9.17) is 4.74 Å². The topological polar surface area (TPSA) is 99.6 Å². The first kappa shape index (κ1) is 31.7. The first-order valence-corrected chi connectivity index (χ1v) is 9.71. The number of fused-ring (bicyclic) bond motifs is 1. The van der Waals surface area contributed by atoms with Gasteiger partial charge in [0, 0.05) is 32.0 Å². The largest absolute Gasteiger partial charge is 0.490 e. The molecule has 1 aliphatic carbocycles. The highest BCUT2D eigenvalue weighted by atomic mass is 32.1. The summed E-state index contributed by atoms with van der Waals surface area (Å²) in [7, 11) is 1.71. The minimum Gasteiger partial charge on any atom is -0.490 e. The van der Waals surface area contributed by atoms with Crippen LogP contribution in [0.2, 0.25) is 0 Å². The molecular formula is C22H35F2N5O3S2. The Morgan fingerprint density at radius 1 is 1.21 bits per heavy atom. The Morgan fingerprint density at radius 3 is 2.44 bits per heavy atom. The van der Waals surface area contributed by atoms with Crippen molar-refractivity contribution in [2.24, 2.45) is 0 Å². The van der Waals surface area contributed by atoms with Crippen LogP contribution < -0.4 is 20.3 Å². The van der Waals surface area contributed by atoms with Gasteiger partial charge in [0.25, 0.3) is 0 Å². The standard InChI is InChI=1S/C20H23F2N5O3.2CH4.2H2S/c1-9-16-18(27(3)17(10(2)28)19(29)25-16)26-20(23-9)24-11-6-13(7-11)30-12-4-5-14(21)15(22)8-12;;;;/h4-5,8,10-11,13,17,28H,6-7H2,1-3H3,(H,25,29)(H,23,24,26);2*1H4;2*1H2/t10-,11?,13?,17-;;;;/m0..../s1. The maximum atomic E-state index is 13.3. The first-order chi connectivity index (χ1) is 14.2. The number of halogens is 2. The number of carbonyl (C=O) groups is 1. The summed E-state index contributed by atoms with van der Waals surface area (Å²) in [4.78, 5) is 22.8. The molecule has 34 heavy (non-hydrogen) atoms. The lowest BCUT2D eigenvalue weighted by molar-refractivity contribution is -0.119. The minimum atomic E-state index is -0.939. The van der Waals surface area contributed by atoms with Crippen LogP contribution in [-0.2, 0) is 4.79 Å². The van der Waals surface area contributed by atoms with E-state index < -0.39 is 23.8 Å². The maximum absolute atomic E-state index is 13.3. The van der Waals surface area contributed by atoms with E-state index in [1.165, 1.54) is 6.07 Å². The van der Waals surface area contributed by atoms with E-state index in [0.29, 0.717) is 41.7 Å². The first-order valence-electron chi connectivity index (χ1n) is 9.71. The second-order valence-corrected chi connectivity index (χ2v) is 7.75. The van der Waals surface area contributed by atoms with Gasteiger partial charge in [-0.05, 0) is 26.0 Å². The van der Waals surface area contributed by atoms with Crippen LogP contribution in [0.5, 0.6) is 5.75 Å². The molecule has 1 fully saturated rings. The zero-order chi connectivity index (χ0) is 21.6. The number of carbonyl (C=O) groups excluding carboxylic acids is 1. The molecule has 1 aromatic heterocycles. The number of amides is 1. The molecule has 3 N–H and O–H groups in total. The summed E-state index contributed by atoms with van der Waals surface area (Å²) in [6.07, 6.45) is 0.325. The fourth-order valence-electron chi connectivity index (χ4n) is 3.78. The molecule has 0 saturated heterocycles. The molecule has 12 heteroatoms. The number of rotatable bonds is 5. The molecule has 4 rings (SSSR count). The molecule has 0 spiro atoms. The van der Waals surface area contributed by atoms with E-state index >= 15 is 0 Å². The van der Waals surface area contributed by atoms with Crippen LogP contribution in [0.4, 0.5) is 26.2 Å². The predicted octanol–water partition coefficient (Wildman–Crippen LogP) is 3.72. The Kier molecular flexibility index (Phi) is 11.6. The lowest BCUT2D eigenvalue weighted by Gasteiger charge is -2.38. The molecule has 0 bridgehead atoms. The van der Waals surface area contributed by atoms with Gasteiger partial charge in [-0.25, -0.2) is 13.8 Å². The monoisotopic (exact) mass is 519 g/mol. The Bertz CT molecular complexity index is 993. The molecule has 0 unspecified atom stereocenters. The third-order valence-corrected chi connectivity index (χ3v) is 5.42. The molecule has 0 radical (unpaired) electrons. The average Bonchev–Trinajstić information content (AvgIpc) is 2.63. The third-order valence-electron chi connectivity index (χ3n) is 5.42. The van der Waals surface area contributed by atoms with Gasteiger partial charge in [0.1, 0.15) is 23.6 Å². The molecule has 192 valence electrons. The van der Waals surface area contributed by atoms with Crippen LogP contribution in [0.25, 0.3) is 0 Å². The van der Waals surface area contributed by atoms with Crippen molar-refractivity contribution in [2.75, 3.05) is 22.6 Å². The fourth-order valence-corrected chi connectivity index (χ4v) is 3.78. The Hall–Kier alpha value is -2.31. The number of hydrogen-bond acceptors (Lipinski definition) is 7. The number of aryl methyl sites for hydroxylation is 1. The van der Waals surface area contributed by atoms with Gasteiger partial charge in [0.2, 0.25) is 11.9 Å². The summed E-state index contributed by atoms with van der Waals surface area (Å²) >= 11 is 0. The number of aliphatic hydroxyl groups is 1. The van der Waals surface area contributed by atoms with Gasteiger partial charge in [-0.2, -0.15) is 32.0 Å². The van der Waals surface area contributed by atoms with Crippen molar-refractivity contribution < 1.29 is 23.4 Å². The van der Waals surface area contributed by atoms with E-state index in [0.717, 1.165) is 12.1 Å². The van der Waals surface area contributed by atoms with Gasteiger partial charge in [-0.1, -0.05) is 14.9 Å². The summed E-state index contributed by atoms with van der Waals surface area (Å²) < 4.78 is 32.0. The highest BCUT2D eigenvalue weighted by molar-refractivity contribution is 7.59. The van der Waals surface area contributed by atoms with Gasteiger partial charge < -0.3 is 25.4 Å². The quantitative estimate of drug-likeness (QED) is 0.554. The number of benzene rings is 1. The zero-order valence-electron chi connectivity index (χ0n) is 17.8. The zero-order valence-corrected chi connectivity index (χ0v) is 19.8. The number of hydrogen-bond donors (Lipinski definition) is 3. The van der Waals surface area contributed by atoms with Crippen molar-refractivity contribution in [3.8, 4) is 5.75 Å². The molecule has 1 aromatic carbocycles. The van der Waals surface area contributed by atoms with Crippen LogP contribution >= 0.6 is 27.0 Å². The van der Waals surface area contributed by atoms with Crippen molar-refractivity contribution in [1.82, 2.24) is 9.97 Å². The summed E-state index contributed by atoms with van der Waals surface area (Å²) in [5.74, 6) is -0.914. The predicted molar refractivity (Wildman–Crippen MR) is 141 cm³/mol. The lowest BCUT2D eigenvalue weighted by Crippen LogP contribution is -2.52. The van der Waals surface area contributed by atoms with Crippen molar-refractivity contribution in [3.05, 3.63) is 35.5 Å². The molecule has 2 aliphatic rings. The molecule has 1 saturated carbocycles. The number of aliphatic hydroxyl groups excluding tert-OH is 1. The highest BCUT2D eigenvalue weighted by Crippen LogP contribution is 2.34. The fraction of sp³-hybridized carbons (Fsp3) is 0.500. The molecule has 1 aliphatic heterocycles. The van der Waals surface area contributed by atoms with Crippen LogP contribution in [0, 0.1) is 18.6 Å². The van der Waals surface area contributed by atoms with Crippen molar-refractivity contribution >= 4 is 50.4 Å². The number of nitrogens with zero attached hydrogens (tertiary/aromatic N) is 3. The summed E-state index contributed by atoms with van der Waals surface area (Å²) in [5.41, 5.74) is 1.14. The van der Waals surface area contributed by atoms with E-state index in [9.17, 15) is 18.7 Å². The van der Waals surface area contributed by atoms with Crippen molar-refractivity contribution in [2.45, 2.75) is 65.8 Å². The number of anilines is 3. The third kappa shape index (κ3) is 6.22. The number of likely N-dealkylation sites (N-methyl/N-ethyl adjacent to an activating group) is 1. The molecule has 1 amide bonds. The Balaban J connectivity index is 0.00000272. The van der Waals surface area contributed by atoms with Crippen LogP contribution in [0.15, 0.2) is 18.2 Å². The summed E-state index contributed by atoms with van der Waals surface area (Å²) in [5, 5.41) is 16.0. The van der Waals surface area contributed by atoms with E-state index in [1.807, 2.05) is 0 Å². The van der Waals surface area contributed by atoms with Gasteiger partial charge in [0.15, 0.2) is 17.5 Å². The Morgan fingerprint density at radius 2 is 1.85 bits per heavy atom. The van der Waals surface area contributed by atoms with Crippen LogP contribution in [-0.4, -0.2) is 52.3 Å². The van der Waals surface area contributed by atoms with E-state index in [-0.39, 0.29) is 59.9 Å². The normalized spacial score (nSPS) is 21.1. The SMILES string of the molecule is C.C.Cc1nc(NC2CC(Oc3ccc(F)c(F)c3)C2)nc2c1NC(=O)[C@H]([C@H](C)O)N2C.S.S. The molecular weight excluding hydrogens is 484 g/mol. The van der Waals surface area contributed by atoms with Gasteiger partial charge in [-0.15, -0.1) is 0 Å². The minimum absolute atomic E-state index is 0. The second kappa shape index (κ2) is 12.4. The lowest BCUT2D eigenvalue weighted by atomic mass is 9.89. The van der Waals surface area contributed by atoms with Crippen LogP contribution in [0.1, 0.15) is 40.3 Å². The van der Waals surface area contributed by atoms with E-state index in [1.54, 1.807) is 25.8 Å². The van der Waals surface area contributed by atoms with Crippen molar-refractivity contribution in [1.29, 1.82) is 0 Å². The smallest absolute Gasteiger partial charge is 0.249 e. The van der Waals surface area contributed by atoms with Gasteiger partial charge in [-0.3, -0.25) is 4.79 Å². The number of nitrogens with one attached hydrogen (secondary N) is 2. The molecule has 2 atom stereocenters. The molecule has 2 aromatic rings. The molecule has 8 nitrogen and oxygen atoms in total. The average molecular weight is 520 g/mol. The second-order valence-electron chi connectivity index (χ2n) is 7.75. The number of ether oxygens (including phenoxy) is 1. The molecule has 2 heterocycles. The Labute approximate surface area is 213 Å². The van der Waals surface area contributed by atoms with E-state index in [2.05, 4.69) is 20.6 Å². The van der Waals surface area contributed by atoms with Crippen molar-refractivity contribution in [3.63, 3.8) is 0 Å².